The molecule has 1 saturated carbocycles. The summed E-state index contributed by atoms with van der Waals surface area (Å²) in [7, 11) is 0. The zero-order valence-electron chi connectivity index (χ0n) is 19.1. The van der Waals surface area contributed by atoms with Gasteiger partial charge in [0.2, 0.25) is 11.8 Å². The van der Waals surface area contributed by atoms with Gasteiger partial charge in [-0.1, -0.05) is 0 Å². The van der Waals surface area contributed by atoms with E-state index < -0.39 is 29.2 Å². The average molecular weight is 476 g/mol. The predicted molar refractivity (Wildman–Crippen MR) is 125 cm³/mol. The molecule has 0 saturated heterocycles. The first kappa shape index (κ1) is 22.8. The predicted octanol–water partition coefficient (Wildman–Crippen LogP) is 4.53. The Morgan fingerprint density at radius 2 is 1.83 bits per heavy atom. The van der Waals surface area contributed by atoms with Crippen molar-refractivity contribution in [1.29, 1.82) is 0 Å². The molecule has 1 aliphatic heterocycles. The smallest absolute Gasteiger partial charge is 0.244 e. The van der Waals surface area contributed by atoms with E-state index in [0.29, 0.717) is 40.9 Å². The molecule has 0 radical (unpaired) electrons. The Morgan fingerprint density at radius 3 is 2.49 bits per heavy atom. The minimum atomic E-state index is -1.56. The number of fused-ring (bicyclic) bond motifs is 3. The maximum atomic E-state index is 14.9. The van der Waals surface area contributed by atoms with E-state index in [1.807, 2.05) is 0 Å². The molecule has 1 fully saturated rings. The second-order valence-corrected chi connectivity index (χ2v) is 8.97. The fraction of sp³-hybridized carbons (Fsp3) is 0.269. The quantitative estimate of drug-likeness (QED) is 0.546. The number of carbonyl (C=O) groups is 3. The zero-order chi connectivity index (χ0) is 24.9. The van der Waals surface area contributed by atoms with Gasteiger partial charge in [-0.2, -0.15) is 0 Å². The van der Waals surface area contributed by atoms with Crippen LogP contribution in [0.5, 0.6) is 0 Å². The van der Waals surface area contributed by atoms with Crippen LogP contribution in [0, 0.1) is 5.82 Å². The molecule has 0 bridgehead atoms. The van der Waals surface area contributed by atoms with E-state index in [-0.39, 0.29) is 23.7 Å². The van der Waals surface area contributed by atoms with Crippen molar-refractivity contribution in [3.63, 3.8) is 0 Å². The Morgan fingerprint density at radius 1 is 1.11 bits per heavy atom. The Hall–Kier alpha value is -4.01. The van der Waals surface area contributed by atoms with Crippen molar-refractivity contribution < 1.29 is 23.2 Å². The molecular weight excluding hydrogens is 454 g/mol. The molecule has 1 N–H and O–H groups in total. The van der Waals surface area contributed by atoms with Crippen molar-refractivity contribution in [1.82, 2.24) is 9.97 Å². The number of nitrogens with zero attached hydrogens (tertiary/aromatic N) is 3. The highest BCUT2D eigenvalue weighted by Gasteiger charge is 2.47. The van der Waals surface area contributed by atoms with Crippen molar-refractivity contribution in [3.8, 4) is 11.1 Å². The fourth-order valence-electron chi connectivity index (χ4n) is 4.26. The molecule has 3 heterocycles. The fourth-order valence-corrected chi connectivity index (χ4v) is 4.26. The van der Waals surface area contributed by atoms with Gasteiger partial charge in [-0.05, 0) is 63.1 Å². The maximum Gasteiger partial charge on any atom is 0.244 e. The Bertz CT molecular complexity index is 1370. The standard InChI is InChI=1S/C26H22F2N4O3/c1-14-24-19(9-17(27)11-30-24)20-12-29-22(26(28)7-8-26)10-21(20)32(25(14)35)13-23(34)31-18-5-3-16(4-6-18)15(2)33/h3-6,9-12,14H,7-8,13H2,1-2H3,(H,31,34)/t14-/m1/s1. The summed E-state index contributed by atoms with van der Waals surface area (Å²) in [6.07, 6.45) is 3.11. The number of Topliss-reactive ketones (excluding diaryl/α,β-unsaturated/α-hetero) is 1. The van der Waals surface area contributed by atoms with Crippen molar-refractivity contribution >= 4 is 29.0 Å². The van der Waals surface area contributed by atoms with Gasteiger partial charge in [-0.3, -0.25) is 24.4 Å². The van der Waals surface area contributed by atoms with E-state index in [0.717, 1.165) is 6.20 Å². The lowest BCUT2D eigenvalue weighted by Gasteiger charge is -2.25. The summed E-state index contributed by atoms with van der Waals surface area (Å²) in [6, 6.07) is 9.13. The molecule has 5 rings (SSSR count). The first-order valence-corrected chi connectivity index (χ1v) is 11.2. The molecule has 7 nitrogen and oxygen atoms in total. The van der Waals surface area contributed by atoms with Crippen molar-refractivity contribution in [2.24, 2.45) is 0 Å². The molecule has 3 aromatic rings. The molecule has 1 aliphatic carbocycles. The number of pyridine rings is 2. The van der Waals surface area contributed by atoms with Gasteiger partial charge in [0.1, 0.15) is 12.4 Å². The highest BCUT2D eigenvalue weighted by Crippen LogP contribution is 2.50. The van der Waals surface area contributed by atoms with Crippen LogP contribution in [-0.2, 0) is 15.3 Å². The zero-order valence-corrected chi connectivity index (χ0v) is 19.1. The SMILES string of the molecule is CC(=O)c1ccc(NC(=O)CN2C(=O)[C@H](C)c3ncc(F)cc3-c3cnc(C4(F)CC4)cc32)cc1. The van der Waals surface area contributed by atoms with Gasteiger partial charge in [0.15, 0.2) is 11.5 Å². The number of benzene rings is 1. The molecule has 2 amide bonds. The van der Waals surface area contributed by atoms with E-state index in [1.165, 1.54) is 30.2 Å². The number of nitrogens with one attached hydrogen (secondary N) is 1. The minimum Gasteiger partial charge on any atom is -0.325 e. The number of hydrogen-bond acceptors (Lipinski definition) is 5. The van der Waals surface area contributed by atoms with E-state index in [9.17, 15) is 23.2 Å². The summed E-state index contributed by atoms with van der Waals surface area (Å²) in [5.74, 6) is -2.37. The molecule has 0 spiro atoms. The van der Waals surface area contributed by atoms with E-state index in [4.69, 9.17) is 0 Å². The van der Waals surface area contributed by atoms with Gasteiger partial charge in [0.05, 0.1) is 29.2 Å². The maximum absolute atomic E-state index is 14.9. The van der Waals surface area contributed by atoms with Gasteiger partial charge in [0, 0.05) is 28.6 Å². The number of rotatable bonds is 5. The second kappa shape index (κ2) is 8.33. The van der Waals surface area contributed by atoms with Crippen molar-refractivity contribution in [2.75, 3.05) is 16.8 Å². The van der Waals surface area contributed by atoms with Gasteiger partial charge in [0.25, 0.3) is 0 Å². The molecule has 1 atom stereocenters. The van der Waals surface area contributed by atoms with E-state index in [1.54, 1.807) is 31.2 Å². The van der Waals surface area contributed by atoms with Crippen LogP contribution in [0.15, 0.2) is 48.8 Å². The summed E-state index contributed by atoms with van der Waals surface area (Å²) in [6.45, 7) is 2.72. The number of aromatic nitrogens is 2. The van der Waals surface area contributed by atoms with Gasteiger partial charge < -0.3 is 10.2 Å². The number of anilines is 2. The van der Waals surface area contributed by atoms with E-state index >= 15 is 0 Å². The van der Waals surface area contributed by atoms with Crippen LogP contribution in [0.1, 0.15) is 54.4 Å². The number of ketones is 1. The van der Waals surface area contributed by atoms with Crippen LogP contribution in [0.2, 0.25) is 0 Å². The van der Waals surface area contributed by atoms with Gasteiger partial charge >= 0.3 is 0 Å². The third-order valence-corrected chi connectivity index (χ3v) is 6.42. The second-order valence-electron chi connectivity index (χ2n) is 8.97. The largest absolute Gasteiger partial charge is 0.325 e. The van der Waals surface area contributed by atoms with Crippen molar-refractivity contribution in [2.45, 2.75) is 38.3 Å². The molecule has 2 aromatic heterocycles. The normalized spacial score (nSPS) is 17.8. The summed E-state index contributed by atoms with van der Waals surface area (Å²) in [4.78, 5) is 47.6. The lowest BCUT2D eigenvalue weighted by atomic mass is 9.98. The molecule has 2 aliphatic rings. The average Bonchev–Trinajstić information content (AvgIpc) is 3.60. The highest BCUT2D eigenvalue weighted by molar-refractivity contribution is 6.09. The number of hydrogen-bond donors (Lipinski definition) is 1. The summed E-state index contributed by atoms with van der Waals surface area (Å²) < 4.78 is 29.0. The third kappa shape index (κ3) is 4.18. The Labute approximate surface area is 200 Å². The molecular formula is C26H22F2N4O3. The van der Waals surface area contributed by atoms with E-state index in [2.05, 4.69) is 15.3 Å². The van der Waals surface area contributed by atoms with Crippen LogP contribution < -0.4 is 10.2 Å². The number of amides is 2. The summed E-state index contributed by atoms with van der Waals surface area (Å²) in [5.41, 5.74) is 0.994. The van der Waals surface area contributed by atoms with Crippen LogP contribution in [0.3, 0.4) is 0 Å². The van der Waals surface area contributed by atoms with Crippen LogP contribution in [-0.4, -0.2) is 34.1 Å². The highest BCUT2D eigenvalue weighted by atomic mass is 19.1. The Kier molecular flexibility index (Phi) is 5.42. The minimum absolute atomic E-state index is 0.0982. The molecule has 9 heteroatoms. The van der Waals surface area contributed by atoms with Crippen LogP contribution in [0.4, 0.5) is 20.2 Å². The number of carbonyl (C=O) groups excluding carboxylic acids is 3. The topological polar surface area (TPSA) is 92.3 Å². The number of alkyl halides is 1. The summed E-state index contributed by atoms with van der Waals surface area (Å²) in [5, 5.41) is 2.72. The first-order valence-electron chi connectivity index (χ1n) is 11.2. The van der Waals surface area contributed by atoms with Gasteiger partial charge in [-0.25, -0.2) is 8.78 Å². The van der Waals surface area contributed by atoms with Gasteiger partial charge in [-0.15, -0.1) is 0 Å². The third-order valence-electron chi connectivity index (χ3n) is 6.42. The monoisotopic (exact) mass is 476 g/mol. The summed E-state index contributed by atoms with van der Waals surface area (Å²) >= 11 is 0. The lowest BCUT2D eigenvalue weighted by molar-refractivity contribution is -0.122. The van der Waals surface area contributed by atoms with Crippen molar-refractivity contribution in [3.05, 3.63) is 71.6 Å². The molecule has 35 heavy (non-hydrogen) atoms. The molecule has 178 valence electrons. The first-order chi connectivity index (χ1) is 16.7. The van der Waals surface area contributed by atoms with Crippen LogP contribution in [0.25, 0.3) is 11.1 Å². The number of halogens is 2. The van der Waals surface area contributed by atoms with Crippen LogP contribution >= 0.6 is 0 Å². The molecule has 1 aromatic carbocycles. The lowest BCUT2D eigenvalue weighted by Crippen LogP contribution is -2.40. The Balaban J connectivity index is 1.52. The molecule has 0 unspecified atom stereocenters.